The Bertz CT molecular complexity index is 816. The number of likely N-dealkylation sites (tertiary alicyclic amines) is 1. The second-order valence-corrected chi connectivity index (χ2v) is 7.12. The van der Waals surface area contributed by atoms with E-state index < -0.39 is 0 Å². The van der Waals surface area contributed by atoms with Gasteiger partial charge in [-0.15, -0.1) is 11.3 Å². The smallest absolute Gasteiger partial charge is 0.283 e. The summed E-state index contributed by atoms with van der Waals surface area (Å²) in [4.78, 5) is 24.5. The molecule has 7 heteroatoms. The van der Waals surface area contributed by atoms with Gasteiger partial charge < -0.3 is 14.8 Å². The zero-order valence-electron chi connectivity index (χ0n) is 14.5. The summed E-state index contributed by atoms with van der Waals surface area (Å²) in [6, 6.07) is 5.84. The lowest BCUT2D eigenvalue weighted by Crippen LogP contribution is -2.37. The normalized spacial score (nSPS) is 18.8. The maximum atomic E-state index is 12.8. The largest absolute Gasteiger partial charge is 0.399 e. The van der Waals surface area contributed by atoms with Crippen molar-refractivity contribution in [3.8, 4) is 10.4 Å². The minimum Gasteiger partial charge on any atom is -0.399 e. The molecule has 132 valence electrons. The third-order valence-electron chi connectivity index (χ3n) is 4.52. The Morgan fingerprint density at radius 3 is 3.00 bits per heavy atom. The maximum Gasteiger partial charge on any atom is 0.283 e. The van der Waals surface area contributed by atoms with Crippen LogP contribution in [-0.4, -0.2) is 52.9 Å². The van der Waals surface area contributed by atoms with Gasteiger partial charge in [0.15, 0.2) is 5.01 Å². The van der Waals surface area contributed by atoms with E-state index in [9.17, 15) is 9.90 Å². The minimum absolute atomic E-state index is 0.107. The molecule has 0 saturated carbocycles. The average Bonchev–Trinajstić information content (AvgIpc) is 3.24. The topological polar surface area (TPSA) is 75.0 Å². The lowest BCUT2D eigenvalue weighted by molar-refractivity contribution is 0.0680. The molecule has 1 saturated heterocycles. The van der Waals surface area contributed by atoms with Crippen molar-refractivity contribution < 1.29 is 14.7 Å². The number of aliphatic hydroxyl groups is 1. The summed E-state index contributed by atoms with van der Waals surface area (Å²) < 4.78 is 0. The summed E-state index contributed by atoms with van der Waals surface area (Å²) in [6.07, 6.45) is 2.26. The van der Waals surface area contributed by atoms with E-state index in [1.807, 2.05) is 12.1 Å². The first kappa shape index (κ1) is 17.6. The molecule has 1 aromatic heterocycles. The van der Waals surface area contributed by atoms with E-state index in [0.717, 1.165) is 16.2 Å². The van der Waals surface area contributed by atoms with Crippen LogP contribution >= 0.6 is 11.3 Å². The number of thiazole rings is 1. The van der Waals surface area contributed by atoms with Gasteiger partial charge in [-0.1, -0.05) is 23.4 Å². The standard InChI is InChI=1S/C18H21N3O3S/c1-11-5-4-6-15(12(11)2)16-8-19-17(25-16)18(23)21-9-13(20-24-3)7-14(21)10-22/h4-6,8,14,22H,7,9-10H2,1-3H3/b20-13-. The predicted molar refractivity (Wildman–Crippen MR) is 98.0 cm³/mol. The first-order valence-electron chi connectivity index (χ1n) is 8.08. The number of aromatic nitrogens is 1. The van der Waals surface area contributed by atoms with Gasteiger partial charge >= 0.3 is 0 Å². The monoisotopic (exact) mass is 359 g/mol. The van der Waals surface area contributed by atoms with Crippen molar-refractivity contribution >= 4 is 23.0 Å². The number of aryl methyl sites for hydroxylation is 1. The molecule has 0 aliphatic carbocycles. The van der Waals surface area contributed by atoms with Crippen LogP contribution in [-0.2, 0) is 4.84 Å². The number of aliphatic hydroxyl groups excluding tert-OH is 1. The molecule has 1 aliphatic rings. The molecular formula is C18H21N3O3S. The van der Waals surface area contributed by atoms with Crippen LogP contribution in [0.3, 0.4) is 0 Å². The van der Waals surface area contributed by atoms with E-state index in [4.69, 9.17) is 4.84 Å². The van der Waals surface area contributed by atoms with E-state index in [0.29, 0.717) is 18.0 Å². The Hall–Kier alpha value is -2.25. The third kappa shape index (κ3) is 3.43. The summed E-state index contributed by atoms with van der Waals surface area (Å²) in [6.45, 7) is 4.39. The molecule has 3 rings (SSSR count). The molecule has 0 spiro atoms. The molecular weight excluding hydrogens is 338 g/mol. The van der Waals surface area contributed by atoms with Crippen molar-refractivity contribution in [3.63, 3.8) is 0 Å². The molecule has 1 N–H and O–H groups in total. The quantitative estimate of drug-likeness (QED) is 0.852. The molecule has 0 bridgehead atoms. The highest BCUT2D eigenvalue weighted by Crippen LogP contribution is 2.31. The van der Waals surface area contributed by atoms with E-state index in [1.165, 1.54) is 29.6 Å². The second kappa shape index (κ2) is 7.33. The van der Waals surface area contributed by atoms with Crippen LogP contribution < -0.4 is 0 Å². The number of rotatable bonds is 4. The molecule has 1 amide bonds. The van der Waals surface area contributed by atoms with Gasteiger partial charge in [-0.2, -0.15) is 0 Å². The van der Waals surface area contributed by atoms with Gasteiger partial charge in [0, 0.05) is 12.6 Å². The molecule has 1 unspecified atom stereocenters. The van der Waals surface area contributed by atoms with Crippen LogP contribution in [0.15, 0.2) is 29.6 Å². The minimum atomic E-state index is -0.283. The highest BCUT2D eigenvalue weighted by molar-refractivity contribution is 7.17. The number of carbonyl (C=O) groups excluding carboxylic acids is 1. The number of nitrogens with zero attached hydrogens (tertiary/aromatic N) is 3. The predicted octanol–water partition coefficient (Wildman–Crippen LogP) is 2.64. The van der Waals surface area contributed by atoms with E-state index in [2.05, 4.69) is 30.1 Å². The number of hydrogen-bond donors (Lipinski definition) is 1. The molecule has 1 fully saturated rings. The van der Waals surface area contributed by atoms with E-state index >= 15 is 0 Å². The van der Waals surface area contributed by atoms with Crippen LogP contribution in [0.25, 0.3) is 10.4 Å². The van der Waals surface area contributed by atoms with Gasteiger partial charge in [-0.3, -0.25) is 4.79 Å². The molecule has 25 heavy (non-hydrogen) atoms. The highest BCUT2D eigenvalue weighted by Gasteiger charge is 2.34. The number of amides is 1. The molecule has 6 nitrogen and oxygen atoms in total. The van der Waals surface area contributed by atoms with Crippen molar-refractivity contribution in [2.75, 3.05) is 20.3 Å². The first-order valence-corrected chi connectivity index (χ1v) is 8.90. The van der Waals surface area contributed by atoms with Gasteiger partial charge in [-0.05, 0) is 30.5 Å². The van der Waals surface area contributed by atoms with Gasteiger partial charge in [-0.25, -0.2) is 4.98 Å². The fraction of sp³-hybridized carbons (Fsp3) is 0.389. The Morgan fingerprint density at radius 2 is 2.28 bits per heavy atom. The summed E-state index contributed by atoms with van der Waals surface area (Å²) in [5, 5.41) is 13.9. The number of oxime groups is 1. The zero-order valence-corrected chi connectivity index (χ0v) is 15.3. The summed E-state index contributed by atoms with van der Waals surface area (Å²) in [5.74, 6) is -0.179. The zero-order chi connectivity index (χ0) is 18.0. The van der Waals surface area contributed by atoms with Crippen molar-refractivity contribution in [3.05, 3.63) is 40.5 Å². The van der Waals surface area contributed by atoms with Crippen molar-refractivity contribution in [2.24, 2.45) is 5.16 Å². The van der Waals surface area contributed by atoms with Gasteiger partial charge in [0.25, 0.3) is 5.91 Å². The molecule has 1 aliphatic heterocycles. The van der Waals surface area contributed by atoms with Gasteiger partial charge in [0.1, 0.15) is 7.11 Å². The Morgan fingerprint density at radius 1 is 1.48 bits per heavy atom. The fourth-order valence-electron chi connectivity index (χ4n) is 3.01. The van der Waals surface area contributed by atoms with Gasteiger partial charge in [0.2, 0.25) is 0 Å². The first-order chi connectivity index (χ1) is 12.0. The molecule has 0 radical (unpaired) electrons. The Balaban J connectivity index is 1.86. The van der Waals surface area contributed by atoms with Crippen LogP contribution in [0.2, 0.25) is 0 Å². The van der Waals surface area contributed by atoms with Crippen LogP contribution in [0.1, 0.15) is 27.3 Å². The highest BCUT2D eigenvalue weighted by atomic mass is 32.1. The molecule has 1 atom stereocenters. The Kier molecular flexibility index (Phi) is 5.15. The van der Waals surface area contributed by atoms with Crippen LogP contribution in [0.4, 0.5) is 0 Å². The lowest BCUT2D eigenvalue weighted by Gasteiger charge is -2.20. The molecule has 2 aromatic rings. The fourth-order valence-corrected chi connectivity index (χ4v) is 3.96. The molecule has 2 heterocycles. The van der Waals surface area contributed by atoms with Crippen molar-refractivity contribution in [1.29, 1.82) is 0 Å². The SMILES string of the molecule is CO/N=C1/CC(CO)N(C(=O)c2ncc(-c3cccc(C)c3C)s2)C1. The lowest BCUT2D eigenvalue weighted by atomic mass is 10.0. The number of carbonyl (C=O) groups is 1. The Labute approximate surface area is 150 Å². The third-order valence-corrected chi connectivity index (χ3v) is 5.53. The number of benzene rings is 1. The summed E-state index contributed by atoms with van der Waals surface area (Å²) in [7, 11) is 1.47. The number of hydrogen-bond acceptors (Lipinski definition) is 6. The summed E-state index contributed by atoms with van der Waals surface area (Å²) in [5.41, 5.74) is 4.24. The van der Waals surface area contributed by atoms with Crippen LogP contribution in [0, 0.1) is 13.8 Å². The second-order valence-electron chi connectivity index (χ2n) is 6.09. The van der Waals surface area contributed by atoms with E-state index in [1.54, 1.807) is 11.1 Å². The van der Waals surface area contributed by atoms with E-state index in [-0.39, 0.29) is 18.6 Å². The molecule has 1 aromatic carbocycles. The summed E-state index contributed by atoms with van der Waals surface area (Å²) >= 11 is 1.38. The van der Waals surface area contributed by atoms with Gasteiger partial charge in [0.05, 0.1) is 29.8 Å². The van der Waals surface area contributed by atoms with Crippen molar-refractivity contribution in [1.82, 2.24) is 9.88 Å². The van der Waals surface area contributed by atoms with Crippen LogP contribution in [0.5, 0.6) is 0 Å². The van der Waals surface area contributed by atoms with Crippen molar-refractivity contribution in [2.45, 2.75) is 26.3 Å². The average molecular weight is 359 g/mol. The maximum absolute atomic E-state index is 12.8.